The van der Waals surface area contributed by atoms with E-state index in [1.807, 2.05) is 27.7 Å². The lowest BCUT2D eigenvalue weighted by Crippen LogP contribution is -2.37. The summed E-state index contributed by atoms with van der Waals surface area (Å²) in [6.45, 7) is 12.6. The standard InChI is InChI=1S/C21H34FNO3/c1-13(2)21(23)18(24)8-7-14(3)11-17-15(4)12-19(20(22)16(17)5)26-10-9-25-6/h7-8,12-13,16-18,21,24H,3,9-11,23H2,1-2,4-6H3/b8-7-. The lowest BCUT2D eigenvalue weighted by Gasteiger charge is -2.29. The SMILES string of the molecule is C=C(/C=C\C(O)C(N)C(C)C)CC1C(C)=CC(OCCOC)=C(F)C1C. The quantitative estimate of drug-likeness (QED) is 0.454. The van der Waals surface area contributed by atoms with E-state index in [2.05, 4.69) is 6.58 Å². The highest BCUT2D eigenvalue weighted by molar-refractivity contribution is 5.32. The van der Waals surface area contributed by atoms with Crippen molar-refractivity contribution < 1.29 is 19.0 Å². The maximum atomic E-state index is 14.6. The molecule has 4 nitrogen and oxygen atoms in total. The van der Waals surface area contributed by atoms with Crippen LogP contribution in [0.4, 0.5) is 4.39 Å². The van der Waals surface area contributed by atoms with Crippen molar-refractivity contribution in [2.75, 3.05) is 20.3 Å². The molecule has 5 heteroatoms. The van der Waals surface area contributed by atoms with Crippen molar-refractivity contribution in [3.63, 3.8) is 0 Å². The molecule has 0 spiro atoms. The number of rotatable bonds is 10. The summed E-state index contributed by atoms with van der Waals surface area (Å²) >= 11 is 0. The smallest absolute Gasteiger partial charge is 0.151 e. The van der Waals surface area contributed by atoms with Gasteiger partial charge in [0.1, 0.15) is 12.4 Å². The zero-order chi connectivity index (χ0) is 19.9. The minimum atomic E-state index is -0.718. The molecule has 0 saturated heterocycles. The molecular weight excluding hydrogens is 333 g/mol. The van der Waals surface area contributed by atoms with Crippen molar-refractivity contribution >= 4 is 0 Å². The van der Waals surface area contributed by atoms with E-state index in [-0.39, 0.29) is 29.6 Å². The molecule has 4 atom stereocenters. The van der Waals surface area contributed by atoms with E-state index in [0.717, 1.165) is 11.1 Å². The Morgan fingerprint density at radius 1 is 1.42 bits per heavy atom. The number of hydrogen-bond acceptors (Lipinski definition) is 4. The molecule has 0 fully saturated rings. The van der Waals surface area contributed by atoms with Gasteiger partial charge in [0.05, 0.1) is 12.7 Å². The van der Waals surface area contributed by atoms with Crippen LogP contribution >= 0.6 is 0 Å². The zero-order valence-electron chi connectivity index (χ0n) is 16.7. The average Bonchev–Trinajstić information content (AvgIpc) is 2.60. The van der Waals surface area contributed by atoms with Crippen molar-refractivity contribution in [2.45, 2.75) is 46.3 Å². The van der Waals surface area contributed by atoms with Gasteiger partial charge in [-0.3, -0.25) is 0 Å². The van der Waals surface area contributed by atoms with Crippen LogP contribution in [0.5, 0.6) is 0 Å². The van der Waals surface area contributed by atoms with Crippen LogP contribution < -0.4 is 5.73 Å². The summed E-state index contributed by atoms with van der Waals surface area (Å²) in [5.74, 6) is -0.0382. The van der Waals surface area contributed by atoms with Crippen LogP contribution in [0.3, 0.4) is 0 Å². The summed E-state index contributed by atoms with van der Waals surface area (Å²) in [5, 5.41) is 10.1. The van der Waals surface area contributed by atoms with E-state index in [1.165, 1.54) is 0 Å². The molecule has 0 aromatic carbocycles. The van der Waals surface area contributed by atoms with E-state index in [9.17, 15) is 9.50 Å². The van der Waals surface area contributed by atoms with Gasteiger partial charge in [0.2, 0.25) is 0 Å². The summed E-state index contributed by atoms with van der Waals surface area (Å²) in [6.07, 6.45) is 5.12. The number of hydrogen-bond donors (Lipinski definition) is 2. The minimum absolute atomic E-state index is 0.0119. The summed E-state index contributed by atoms with van der Waals surface area (Å²) in [4.78, 5) is 0. The second kappa shape index (κ2) is 10.7. The summed E-state index contributed by atoms with van der Waals surface area (Å²) in [5.41, 5.74) is 7.83. The summed E-state index contributed by atoms with van der Waals surface area (Å²) < 4.78 is 25.0. The average molecular weight is 368 g/mol. The third kappa shape index (κ3) is 6.38. The minimum Gasteiger partial charge on any atom is -0.488 e. The molecule has 0 aromatic rings. The van der Waals surface area contributed by atoms with Crippen LogP contribution in [-0.2, 0) is 9.47 Å². The number of methoxy groups -OCH3 is 1. The topological polar surface area (TPSA) is 64.7 Å². The molecular formula is C21H34FNO3. The Morgan fingerprint density at radius 3 is 2.65 bits per heavy atom. The van der Waals surface area contributed by atoms with Crippen molar-refractivity contribution in [1.82, 2.24) is 0 Å². The Morgan fingerprint density at radius 2 is 2.08 bits per heavy atom. The van der Waals surface area contributed by atoms with Crippen LogP contribution in [0.15, 0.2) is 47.5 Å². The van der Waals surface area contributed by atoms with Crippen molar-refractivity contribution in [3.8, 4) is 0 Å². The van der Waals surface area contributed by atoms with E-state index in [0.29, 0.717) is 25.4 Å². The highest BCUT2D eigenvalue weighted by Gasteiger charge is 2.30. The van der Waals surface area contributed by atoms with Crippen molar-refractivity contribution in [1.29, 1.82) is 0 Å². The molecule has 3 N–H and O–H groups in total. The maximum Gasteiger partial charge on any atom is 0.151 e. The first-order valence-electron chi connectivity index (χ1n) is 9.18. The molecule has 0 saturated carbocycles. The number of aliphatic hydroxyl groups excluding tert-OH is 1. The van der Waals surface area contributed by atoms with Gasteiger partial charge in [0, 0.05) is 19.1 Å². The molecule has 1 aliphatic rings. The molecule has 1 aliphatic carbocycles. The fourth-order valence-electron chi connectivity index (χ4n) is 2.97. The molecule has 0 amide bonds. The monoisotopic (exact) mass is 367 g/mol. The predicted octanol–water partition coefficient (Wildman–Crippen LogP) is 3.89. The number of halogens is 1. The van der Waals surface area contributed by atoms with Gasteiger partial charge in [-0.1, -0.05) is 50.6 Å². The van der Waals surface area contributed by atoms with Gasteiger partial charge in [-0.05, 0) is 31.3 Å². The molecule has 0 aromatic heterocycles. The van der Waals surface area contributed by atoms with Gasteiger partial charge < -0.3 is 20.3 Å². The van der Waals surface area contributed by atoms with E-state index in [1.54, 1.807) is 25.3 Å². The third-order valence-corrected chi connectivity index (χ3v) is 4.90. The van der Waals surface area contributed by atoms with Crippen LogP contribution in [0.1, 0.15) is 34.1 Å². The lowest BCUT2D eigenvalue weighted by molar-refractivity contribution is 0.107. The Balaban J connectivity index is 2.71. The lowest BCUT2D eigenvalue weighted by atomic mass is 9.78. The highest BCUT2D eigenvalue weighted by Crippen LogP contribution is 2.39. The largest absolute Gasteiger partial charge is 0.488 e. The van der Waals surface area contributed by atoms with E-state index < -0.39 is 6.10 Å². The Kier molecular flexibility index (Phi) is 9.27. The number of ether oxygens (including phenoxy) is 2. The Hall–Kier alpha value is -1.43. The van der Waals surface area contributed by atoms with Crippen molar-refractivity contribution in [2.24, 2.45) is 23.5 Å². The summed E-state index contributed by atoms with van der Waals surface area (Å²) in [7, 11) is 1.58. The summed E-state index contributed by atoms with van der Waals surface area (Å²) in [6, 6.07) is -0.318. The molecule has 0 heterocycles. The van der Waals surface area contributed by atoms with Gasteiger partial charge in [0.25, 0.3) is 0 Å². The first-order valence-corrected chi connectivity index (χ1v) is 9.18. The second-order valence-electron chi connectivity index (χ2n) is 7.37. The van der Waals surface area contributed by atoms with Gasteiger partial charge in [-0.2, -0.15) is 0 Å². The fraction of sp³-hybridized carbons (Fsp3) is 0.619. The van der Waals surface area contributed by atoms with Gasteiger partial charge in [-0.15, -0.1) is 0 Å². The van der Waals surface area contributed by atoms with Gasteiger partial charge >= 0.3 is 0 Å². The van der Waals surface area contributed by atoms with Crippen LogP contribution in [0.25, 0.3) is 0 Å². The first-order chi connectivity index (χ1) is 12.2. The van der Waals surface area contributed by atoms with E-state index in [4.69, 9.17) is 15.2 Å². The first kappa shape index (κ1) is 22.6. The predicted molar refractivity (Wildman–Crippen MR) is 104 cm³/mol. The highest BCUT2D eigenvalue weighted by atomic mass is 19.1. The fourth-order valence-corrected chi connectivity index (χ4v) is 2.97. The molecule has 0 radical (unpaired) electrons. The van der Waals surface area contributed by atoms with Crippen LogP contribution in [0, 0.1) is 17.8 Å². The molecule has 1 rings (SSSR count). The number of nitrogens with two attached hydrogens (primary N) is 1. The van der Waals surface area contributed by atoms with Gasteiger partial charge in [0.15, 0.2) is 5.76 Å². The van der Waals surface area contributed by atoms with Crippen LogP contribution in [0.2, 0.25) is 0 Å². The molecule has 26 heavy (non-hydrogen) atoms. The molecule has 4 unspecified atom stereocenters. The number of allylic oxidation sites excluding steroid dienone is 5. The zero-order valence-corrected chi connectivity index (χ0v) is 16.7. The van der Waals surface area contributed by atoms with E-state index >= 15 is 0 Å². The Bertz CT molecular complexity index is 566. The normalized spacial score (nSPS) is 23.3. The Labute approximate surface area is 157 Å². The second-order valence-corrected chi connectivity index (χ2v) is 7.37. The number of aliphatic hydroxyl groups is 1. The molecule has 148 valence electrons. The maximum absolute atomic E-state index is 14.6. The van der Waals surface area contributed by atoms with Gasteiger partial charge in [-0.25, -0.2) is 4.39 Å². The third-order valence-electron chi connectivity index (χ3n) is 4.90. The van der Waals surface area contributed by atoms with Crippen molar-refractivity contribution in [3.05, 3.63) is 47.5 Å². The molecule has 0 bridgehead atoms. The molecule has 0 aliphatic heterocycles. The van der Waals surface area contributed by atoms with Crippen LogP contribution in [-0.4, -0.2) is 37.6 Å².